The summed E-state index contributed by atoms with van der Waals surface area (Å²) in [5, 5.41) is 4.30. The van der Waals surface area contributed by atoms with Crippen molar-refractivity contribution in [2.45, 2.75) is 25.8 Å². The van der Waals surface area contributed by atoms with Gasteiger partial charge >= 0.3 is 0 Å². The van der Waals surface area contributed by atoms with E-state index >= 15 is 0 Å². The summed E-state index contributed by atoms with van der Waals surface area (Å²) in [5.41, 5.74) is 4.46. The van der Waals surface area contributed by atoms with Gasteiger partial charge in [-0.15, -0.1) is 0 Å². The van der Waals surface area contributed by atoms with E-state index in [0.29, 0.717) is 4.47 Å². The van der Waals surface area contributed by atoms with E-state index in [-0.39, 0.29) is 11.9 Å². The van der Waals surface area contributed by atoms with E-state index in [9.17, 15) is 4.39 Å². The van der Waals surface area contributed by atoms with Gasteiger partial charge in [0.25, 0.3) is 0 Å². The zero-order valence-corrected chi connectivity index (χ0v) is 13.4. The second-order valence-corrected chi connectivity index (χ2v) is 6.45. The van der Waals surface area contributed by atoms with Gasteiger partial charge in [0.2, 0.25) is 0 Å². The largest absolute Gasteiger partial charge is 0.378 e. The smallest absolute Gasteiger partial charge is 0.137 e. The van der Waals surface area contributed by atoms with Crippen LogP contribution in [0.2, 0.25) is 5.02 Å². The second-order valence-electron chi connectivity index (χ2n) is 5.16. The van der Waals surface area contributed by atoms with Crippen molar-refractivity contribution in [1.82, 2.24) is 0 Å². The van der Waals surface area contributed by atoms with Gasteiger partial charge in [-0.3, -0.25) is 0 Å². The standard InChI is InChI=1S/C16H14BrClFN/c1-9-6-14(19)13(17)8-16(9)20-15-5-2-10-7-11(18)3-4-12(10)15/h3-4,6-8,15,20H,2,5H2,1H3. The number of halogens is 3. The summed E-state index contributed by atoms with van der Waals surface area (Å²) >= 11 is 9.26. The van der Waals surface area contributed by atoms with E-state index in [1.54, 1.807) is 12.1 Å². The predicted octanol–water partition coefficient (Wildman–Crippen LogP) is 5.65. The Bertz CT molecular complexity index is 672. The lowest BCUT2D eigenvalue weighted by atomic mass is 10.1. The lowest BCUT2D eigenvalue weighted by Gasteiger charge is -2.18. The molecule has 20 heavy (non-hydrogen) atoms. The lowest BCUT2D eigenvalue weighted by molar-refractivity contribution is 0.620. The molecule has 2 aromatic rings. The number of hydrogen-bond acceptors (Lipinski definition) is 1. The maximum atomic E-state index is 13.5. The molecule has 0 aromatic heterocycles. The highest BCUT2D eigenvalue weighted by Crippen LogP contribution is 2.36. The first-order valence-electron chi connectivity index (χ1n) is 6.55. The van der Waals surface area contributed by atoms with Crippen LogP contribution in [0.3, 0.4) is 0 Å². The van der Waals surface area contributed by atoms with Crippen molar-refractivity contribution in [2.75, 3.05) is 5.32 Å². The molecule has 4 heteroatoms. The third-order valence-electron chi connectivity index (χ3n) is 3.78. The number of aryl methyl sites for hydroxylation is 2. The van der Waals surface area contributed by atoms with Gasteiger partial charge in [-0.1, -0.05) is 17.7 Å². The summed E-state index contributed by atoms with van der Waals surface area (Å²) in [6.07, 6.45) is 2.05. The Morgan fingerprint density at radius 2 is 2.10 bits per heavy atom. The van der Waals surface area contributed by atoms with Gasteiger partial charge in [0.05, 0.1) is 10.5 Å². The molecule has 3 rings (SSSR count). The van der Waals surface area contributed by atoms with Crippen LogP contribution in [0.1, 0.15) is 29.2 Å². The Balaban J connectivity index is 1.89. The fourth-order valence-electron chi connectivity index (χ4n) is 2.73. The van der Waals surface area contributed by atoms with Gasteiger partial charge < -0.3 is 5.32 Å². The van der Waals surface area contributed by atoms with Crippen molar-refractivity contribution in [3.05, 3.63) is 62.3 Å². The highest BCUT2D eigenvalue weighted by molar-refractivity contribution is 9.10. The molecule has 1 aliphatic rings. The highest BCUT2D eigenvalue weighted by atomic mass is 79.9. The molecule has 0 fully saturated rings. The Morgan fingerprint density at radius 3 is 2.90 bits per heavy atom. The Hall–Kier alpha value is -1.06. The molecule has 1 unspecified atom stereocenters. The molecule has 1 atom stereocenters. The van der Waals surface area contributed by atoms with E-state index in [1.165, 1.54) is 11.1 Å². The summed E-state index contributed by atoms with van der Waals surface area (Å²) in [6.45, 7) is 1.91. The average Bonchev–Trinajstić information content (AvgIpc) is 2.78. The van der Waals surface area contributed by atoms with E-state index in [1.807, 2.05) is 19.1 Å². The molecular weight excluding hydrogens is 341 g/mol. The summed E-state index contributed by atoms with van der Waals surface area (Å²) in [7, 11) is 0. The number of anilines is 1. The average molecular weight is 355 g/mol. The minimum atomic E-state index is -0.230. The highest BCUT2D eigenvalue weighted by Gasteiger charge is 2.23. The third kappa shape index (κ3) is 2.57. The summed E-state index contributed by atoms with van der Waals surface area (Å²) in [4.78, 5) is 0. The van der Waals surface area contributed by atoms with Crippen LogP contribution in [0.25, 0.3) is 0 Å². The number of benzene rings is 2. The number of fused-ring (bicyclic) bond motifs is 1. The molecule has 1 aliphatic carbocycles. The first kappa shape index (κ1) is 13.9. The van der Waals surface area contributed by atoms with Crippen LogP contribution in [0.15, 0.2) is 34.8 Å². The van der Waals surface area contributed by atoms with Crippen LogP contribution in [-0.2, 0) is 6.42 Å². The molecule has 104 valence electrons. The molecule has 1 nitrogen and oxygen atoms in total. The first-order chi connectivity index (χ1) is 9.54. The van der Waals surface area contributed by atoms with Crippen molar-refractivity contribution in [3.63, 3.8) is 0 Å². The minimum Gasteiger partial charge on any atom is -0.378 e. The third-order valence-corrected chi connectivity index (χ3v) is 4.62. The van der Waals surface area contributed by atoms with Crippen LogP contribution in [0, 0.1) is 12.7 Å². The fraction of sp³-hybridized carbons (Fsp3) is 0.250. The van der Waals surface area contributed by atoms with Crippen LogP contribution in [-0.4, -0.2) is 0 Å². The molecule has 0 spiro atoms. The molecule has 0 amide bonds. The molecule has 2 aromatic carbocycles. The quantitative estimate of drug-likeness (QED) is 0.735. The fourth-order valence-corrected chi connectivity index (χ4v) is 3.26. The van der Waals surface area contributed by atoms with Gasteiger partial charge in [-0.25, -0.2) is 4.39 Å². The first-order valence-corrected chi connectivity index (χ1v) is 7.72. The number of rotatable bonds is 2. The van der Waals surface area contributed by atoms with E-state index in [4.69, 9.17) is 11.6 Å². The molecule has 0 saturated heterocycles. The Morgan fingerprint density at radius 1 is 1.30 bits per heavy atom. The Kier molecular flexibility index (Phi) is 3.74. The van der Waals surface area contributed by atoms with Crippen molar-refractivity contribution < 1.29 is 4.39 Å². The van der Waals surface area contributed by atoms with Gasteiger partial charge in [0, 0.05) is 10.7 Å². The summed E-state index contributed by atoms with van der Waals surface area (Å²) < 4.78 is 14.0. The van der Waals surface area contributed by atoms with Gasteiger partial charge in [-0.2, -0.15) is 0 Å². The monoisotopic (exact) mass is 353 g/mol. The van der Waals surface area contributed by atoms with E-state index in [0.717, 1.165) is 29.1 Å². The predicted molar refractivity (Wildman–Crippen MR) is 85.0 cm³/mol. The molecule has 0 radical (unpaired) electrons. The van der Waals surface area contributed by atoms with Crippen molar-refractivity contribution >= 4 is 33.2 Å². The van der Waals surface area contributed by atoms with Gasteiger partial charge in [0.15, 0.2) is 0 Å². The van der Waals surface area contributed by atoms with Crippen LogP contribution in [0.5, 0.6) is 0 Å². The maximum absolute atomic E-state index is 13.5. The van der Waals surface area contributed by atoms with E-state index in [2.05, 4.69) is 27.3 Å². The van der Waals surface area contributed by atoms with Crippen LogP contribution in [0.4, 0.5) is 10.1 Å². The Labute approximate surface area is 131 Å². The molecule has 0 bridgehead atoms. The number of nitrogens with one attached hydrogen (secondary N) is 1. The zero-order chi connectivity index (χ0) is 14.3. The maximum Gasteiger partial charge on any atom is 0.137 e. The van der Waals surface area contributed by atoms with Gasteiger partial charge in [0.1, 0.15) is 5.82 Å². The summed E-state index contributed by atoms with van der Waals surface area (Å²) in [6, 6.07) is 9.65. The normalized spacial score (nSPS) is 17.1. The number of hydrogen-bond donors (Lipinski definition) is 1. The molecule has 0 saturated carbocycles. The van der Waals surface area contributed by atoms with E-state index < -0.39 is 0 Å². The van der Waals surface area contributed by atoms with Crippen molar-refractivity contribution in [2.24, 2.45) is 0 Å². The lowest BCUT2D eigenvalue weighted by Crippen LogP contribution is -2.08. The van der Waals surface area contributed by atoms with Crippen LogP contribution >= 0.6 is 27.5 Å². The topological polar surface area (TPSA) is 12.0 Å². The second kappa shape index (κ2) is 5.38. The molecular formula is C16H14BrClFN. The molecule has 1 N–H and O–H groups in total. The minimum absolute atomic E-state index is 0.230. The molecule has 0 heterocycles. The molecule has 0 aliphatic heterocycles. The van der Waals surface area contributed by atoms with Crippen molar-refractivity contribution in [3.8, 4) is 0 Å². The van der Waals surface area contributed by atoms with Gasteiger partial charge in [-0.05, 0) is 76.7 Å². The van der Waals surface area contributed by atoms with Crippen molar-refractivity contribution in [1.29, 1.82) is 0 Å². The van der Waals surface area contributed by atoms with Crippen LogP contribution < -0.4 is 5.32 Å². The zero-order valence-electron chi connectivity index (χ0n) is 11.0. The summed E-state index contributed by atoms with van der Waals surface area (Å²) in [5.74, 6) is -0.230. The SMILES string of the molecule is Cc1cc(F)c(Br)cc1NC1CCc2cc(Cl)ccc21.